The van der Waals surface area contributed by atoms with Gasteiger partial charge in [-0.25, -0.2) is 0 Å². The molecule has 0 radical (unpaired) electrons. The first-order valence-electron chi connectivity index (χ1n) is 9.68. The summed E-state index contributed by atoms with van der Waals surface area (Å²) in [5, 5.41) is 11.2. The van der Waals surface area contributed by atoms with Gasteiger partial charge >= 0.3 is 0 Å². The molecule has 0 saturated carbocycles. The number of methoxy groups -OCH3 is 5. The molecular formula is C23H28O7. The van der Waals surface area contributed by atoms with Crippen LogP contribution in [0.2, 0.25) is 0 Å². The number of benzene rings is 2. The molecule has 30 heavy (non-hydrogen) atoms. The van der Waals surface area contributed by atoms with E-state index in [0.717, 1.165) is 5.56 Å². The molecule has 0 heterocycles. The molecule has 7 nitrogen and oxygen atoms in total. The van der Waals surface area contributed by atoms with Gasteiger partial charge in [-0.1, -0.05) is 13.8 Å². The lowest BCUT2D eigenvalue weighted by Crippen LogP contribution is -2.24. The molecule has 0 saturated heterocycles. The highest BCUT2D eigenvalue weighted by Gasteiger charge is 2.36. The second-order valence-electron chi connectivity index (χ2n) is 7.40. The fraction of sp³-hybridized carbons (Fsp3) is 0.435. The molecule has 1 N–H and O–H groups in total. The quantitative estimate of drug-likeness (QED) is 0.785. The number of Topliss-reactive ketones (excluding diaryl/α,β-unsaturated/α-hetero) is 1. The minimum atomic E-state index is -0.255. The number of phenols is 1. The number of fused-ring (bicyclic) bond motifs is 3. The number of rotatable bonds is 5. The number of carbonyl (C=O) groups is 1. The molecule has 162 valence electrons. The Bertz CT molecular complexity index is 980. The Morgan fingerprint density at radius 3 is 1.90 bits per heavy atom. The van der Waals surface area contributed by atoms with Crippen molar-refractivity contribution in [3.05, 3.63) is 23.3 Å². The van der Waals surface area contributed by atoms with Gasteiger partial charge in [-0.3, -0.25) is 4.79 Å². The van der Waals surface area contributed by atoms with Crippen molar-refractivity contribution in [1.82, 2.24) is 0 Å². The van der Waals surface area contributed by atoms with E-state index in [0.29, 0.717) is 46.1 Å². The summed E-state index contributed by atoms with van der Waals surface area (Å²) in [4.78, 5) is 13.4. The number of ketones is 1. The van der Waals surface area contributed by atoms with Crippen molar-refractivity contribution in [2.45, 2.75) is 20.3 Å². The highest BCUT2D eigenvalue weighted by Crippen LogP contribution is 2.55. The summed E-state index contributed by atoms with van der Waals surface area (Å²) in [6.45, 7) is 3.93. The molecule has 0 bridgehead atoms. The topological polar surface area (TPSA) is 83.5 Å². The normalized spacial score (nSPS) is 17.9. The Kier molecular flexibility index (Phi) is 6.01. The predicted octanol–water partition coefficient (Wildman–Crippen LogP) is 4.11. The summed E-state index contributed by atoms with van der Waals surface area (Å²) >= 11 is 0. The van der Waals surface area contributed by atoms with Gasteiger partial charge in [0.25, 0.3) is 0 Å². The SMILES string of the molecule is COc1cc2c(c(O)c1OC)-c1c(cc(OC)c(OC)c1OC)C(=O)[C@@H](C)[C@@H](C)C2. The first-order chi connectivity index (χ1) is 14.3. The van der Waals surface area contributed by atoms with Gasteiger partial charge in [-0.2, -0.15) is 0 Å². The number of aromatic hydroxyl groups is 1. The van der Waals surface area contributed by atoms with E-state index in [1.807, 2.05) is 19.9 Å². The molecule has 0 spiro atoms. The van der Waals surface area contributed by atoms with Crippen LogP contribution in [0.15, 0.2) is 12.1 Å². The number of hydrogen-bond acceptors (Lipinski definition) is 7. The van der Waals surface area contributed by atoms with E-state index in [4.69, 9.17) is 23.7 Å². The first kappa shape index (κ1) is 21.6. The zero-order valence-corrected chi connectivity index (χ0v) is 18.4. The van der Waals surface area contributed by atoms with E-state index in [1.54, 1.807) is 6.07 Å². The van der Waals surface area contributed by atoms with Crippen molar-refractivity contribution in [2.24, 2.45) is 11.8 Å². The fourth-order valence-electron chi connectivity index (χ4n) is 4.09. The van der Waals surface area contributed by atoms with Crippen LogP contribution in [0.25, 0.3) is 11.1 Å². The third-order valence-electron chi connectivity index (χ3n) is 5.88. The molecule has 2 aromatic carbocycles. The Balaban J connectivity index is 2.54. The summed E-state index contributed by atoms with van der Waals surface area (Å²) < 4.78 is 27.5. The van der Waals surface area contributed by atoms with Crippen LogP contribution >= 0.6 is 0 Å². The van der Waals surface area contributed by atoms with Crippen LogP contribution in [0.5, 0.6) is 34.5 Å². The second kappa shape index (κ2) is 8.34. The van der Waals surface area contributed by atoms with E-state index >= 15 is 0 Å². The third kappa shape index (κ3) is 3.18. The average Bonchev–Trinajstić information content (AvgIpc) is 2.75. The van der Waals surface area contributed by atoms with Gasteiger partial charge < -0.3 is 28.8 Å². The van der Waals surface area contributed by atoms with Crippen LogP contribution in [0.1, 0.15) is 29.8 Å². The lowest BCUT2D eigenvalue weighted by molar-refractivity contribution is 0.0892. The summed E-state index contributed by atoms with van der Waals surface area (Å²) in [5.41, 5.74) is 2.14. The Morgan fingerprint density at radius 2 is 1.37 bits per heavy atom. The number of phenolic OH excluding ortho intramolecular Hbond substituents is 1. The van der Waals surface area contributed by atoms with Gasteiger partial charge in [-0.05, 0) is 30.0 Å². The summed E-state index contributed by atoms with van der Waals surface area (Å²) in [6, 6.07) is 3.49. The van der Waals surface area contributed by atoms with E-state index < -0.39 is 0 Å². The first-order valence-corrected chi connectivity index (χ1v) is 9.68. The lowest BCUT2D eigenvalue weighted by Gasteiger charge is -2.29. The molecule has 0 fully saturated rings. The van der Waals surface area contributed by atoms with E-state index in [-0.39, 0.29) is 29.1 Å². The molecule has 1 aliphatic carbocycles. The molecule has 0 unspecified atom stereocenters. The Morgan fingerprint density at radius 1 is 0.800 bits per heavy atom. The highest BCUT2D eigenvalue weighted by molar-refractivity contribution is 6.08. The smallest absolute Gasteiger partial charge is 0.203 e. The fourth-order valence-corrected chi connectivity index (χ4v) is 4.09. The molecule has 0 aromatic heterocycles. The van der Waals surface area contributed by atoms with Crippen LogP contribution in [-0.2, 0) is 6.42 Å². The molecule has 1 aliphatic rings. The minimum absolute atomic E-state index is 0.0287. The maximum absolute atomic E-state index is 13.4. The number of ether oxygens (including phenoxy) is 5. The monoisotopic (exact) mass is 416 g/mol. The summed E-state index contributed by atoms with van der Waals surface area (Å²) in [7, 11) is 7.46. The highest BCUT2D eigenvalue weighted by atomic mass is 16.5. The molecule has 0 aliphatic heterocycles. The number of hydrogen-bond donors (Lipinski definition) is 1. The van der Waals surface area contributed by atoms with Crippen LogP contribution in [0.3, 0.4) is 0 Å². The molecule has 7 heteroatoms. The van der Waals surface area contributed by atoms with Crippen molar-refractivity contribution < 1.29 is 33.6 Å². The maximum atomic E-state index is 13.4. The average molecular weight is 416 g/mol. The van der Waals surface area contributed by atoms with E-state index in [9.17, 15) is 9.90 Å². The zero-order valence-electron chi connectivity index (χ0n) is 18.4. The van der Waals surface area contributed by atoms with Crippen molar-refractivity contribution in [3.63, 3.8) is 0 Å². The molecule has 2 atom stereocenters. The molecular weight excluding hydrogens is 388 g/mol. The van der Waals surface area contributed by atoms with Gasteiger partial charge in [0.15, 0.2) is 28.8 Å². The van der Waals surface area contributed by atoms with Gasteiger partial charge in [0, 0.05) is 22.6 Å². The van der Waals surface area contributed by atoms with E-state index in [1.165, 1.54) is 35.5 Å². The minimum Gasteiger partial charge on any atom is -0.504 e. The zero-order chi connectivity index (χ0) is 22.2. The van der Waals surface area contributed by atoms with Crippen LogP contribution in [0.4, 0.5) is 0 Å². The van der Waals surface area contributed by atoms with E-state index in [2.05, 4.69) is 0 Å². The van der Waals surface area contributed by atoms with Gasteiger partial charge in [0.05, 0.1) is 35.5 Å². The molecule has 2 aromatic rings. The van der Waals surface area contributed by atoms with Gasteiger partial charge in [0.2, 0.25) is 11.5 Å². The molecule has 3 rings (SSSR count). The van der Waals surface area contributed by atoms with Crippen molar-refractivity contribution >= 4 is 5.78 Å². The second-order valence-corrected chi connectivity index (χ2v) is 7.40. The molecule has 0 amide bonds. The van der Waals surface area contributed by atoms with Crippen molar-refractivity contribution in [1.29, 1.82) is 0 Å². The Labute approximate surface area is 176 Å². The van der Waals surface area contributed by atoms with Crippen molar-refractivity contribution in [3.8, 4) is 45.6 Å². The summed E-state index contributed by atoms with van der Waals surface area (Å²) in [6.07, 6.45) is 0.563. The maximum Gasteiger partial charge on any atom is 0.203 e. The van der Waals surface area contributed by atoms with Crippen LogP contribution in [-0.4, -0.2) is 46.4 Å². The largest absolute Gasteiger partial charge is 0.504 e. The van der Waals surface area contributed by atoms with Crippen LogP contribution in [0, 0.1) is 11.8 Å². The predicted molar refractivity (Wildman–Crippen MR) is 113 cm³/mol. The summed E-state index contributed by atoms with van der Waals surface area (Å²) in [5.74, 6) is 1.23. The number of carbonyl (C=O) groups excluding carboxylic acids is 1. The van der Waals surface area contributed by atoms with Crippen molar-refractivity contribution in [2.75, 3.05) is 35.5 Å². The third-order valence-corrected chi connectivity index (χ3v) is 5.88. The standard InChI is InChI=1S/C23H28O7/c1-11-8-13-9-15(26-3)21(28-5)20(25)17(13)18-14(19(24)12(11)2)10-16(27-4)22(29-6)23(18)30-7/h9-12,25H,8H2,1-7H3/t11-,12-/m0/s1. The van der Waals surface area contributed by atoms with Gasteiger partial charge in [0.1, 0.15) is 0 Å². The lowest BCUT2D eigenvalue weighted by atomic mass is 9.77. The van der Waals surface area contributed by atoms with Crippen LogP contribution < -0.4 is 23.7 Å². The Hall–Kier alpha value is -3.09. The van der Waals surface area contributed by atoms with Gasteiger partial charge in [-0.15, -0.1) is 0 Å².